The zero-order valence-electron chi connectivity index (χ0n) is 12.9. The van der Waals surface area contributed by atoms with Crippen molar-refractivity contribution < 1.29 is 0 Å². The predicted molar refractivity (Wildman–Crippen MR) is 86.9 cm³/mol. The van der Waals surface area contributed by atoms with Gasteiger partial charge in [-0.05, 0) is 37.0 Å². The van der Waals surface area contributed by atoms with Crippen LogP contribution in [0.3, 0.4) is 0 Å². The molecule has 1 aliphatic heterocycles. The first-order valence-corrected chi connectivity index (χ1v) is 8.96. The van der Waals surface area contributed by atoms with Crippen LogP contribution >= 0.6 is 11.8 Å². The number of hydrogen-bond acceptors (Lipinski definition) is 3. The molecule has 0 aromatic carbocycles. The van der Waals surface area contributed by atoms with Crippen LogP contribution in [0, 0.1) is 11.3 Å². The Labute approximate surface area is 123 Å². The molecule has 1 saturated carbocycles. The van der Waals surface area contributed by atoms with Crippen LogP contribution in [0.1, 0.15) is 65.7 Å². The number of thioether (sulfide) groups is 1. The van der Waals surface area contributed by atoms with Crippen molar-refractivity contribution in [1.82, 2.24) is 5.32 Å². The van der Waals surface area contributed by atoms with Gasteiger partial charge in [0.1, 0.15) is 0 Å². The van der Waals surface area contributed by atoms with E-state index >= 15 is 0 Å². The quantitative estimate of drug-likeness (QED) is 0.778. The molecule has 0 bridgehead atoms. The molecule has 2 aliphatic rings. The van der Waals surface area contributed by atoms with Crippen molar-refractivity contribution in [3.8, 4) is 0 Å². The van der Waals surface area contributed by atoms with Crippen LogP contribution in [0.4, 0.5) is 0 Å². The van der Waals surface area contributed by atoms with Gasteiger partial charge in [0, 0.05) is 11.8 Å². The minimum Gasteiger partial charge on any atom is -0.364 e. The molecule has 2 nitrogen and oxygen atoms in total. The summed E-state index contributed by atoms with van der Waals surface area (Å²) in [5.41, 5.74) is 0.556. The third-order valence-electron chi connectivity index (χ3n) is 4.45. The van der Waals surface area contributed by atoms with Crippen LogP contribution in [-0.2, 0) is 0 Å². The van der Waals surface area contributed by atoms with E-state index in [4.69, 9.17) is 0 Å². The van der Waals surface area contributed by atoms with Gasteiger partial charge in [0.2, 0.25) is 0 Å². The number of nitrogens with one attached hydrogen (secondary N) is 1. The molecule has 1 fully saturated rings. The molecule has 1 N–H and O–H groups in total. The van der Waals surface area contributed by atoms with Crippen molar-refractivity contribution in [1.29, 1.82) is 0 Å². The molecular formula is C16H30N2S. The molecule has 0 amide bonds. The first-order valence-electron chi connectivity index (χ1n) is 8.08. The van der Waals surface area contributed by atoms with Crippen molar-refractivity contribution in [2.45, 2.75) is 71.0 Å². The van der Waals surface area contributed by atoms with Gasteiger partial charge in [0.15, 0.2) is 5.17 Å². The third-order valence-corrected chi connectivity index (χ3v) is 5.66. The van der Waals surface area contributed by atoms with E-state index in [0.29, 0.717) is 5.41 Å². The first kappa shape index (κ1) is 15.2. The van der Waals surface area contributed by atoms with Crippen molar-refractivity contribution in [2.75, 3.05) is 13.1 Å². The lowest BCUT2D eigenvalue weighted by Gasteiger charge is -2.31. The van der Waals surface area contributed by atoms with Crippen LogP contribution in [0.5, 0.6) is 0 Å². The second-order valence-electron chi connectivity index (χ2n) is 6.83. The van der Waals surface area contributed by atoms with Crippen LogP contribution < -0.4 is 5.32 Å². The maximum atomic E-state index is 4.68. The van der Waals surface area contributed by atoms with Gasteiger partial charge in [0.25, 0.3) is 0 Å². The first-order chi connectivity index (χ1) is 9.13. The van der Waals surface area contributed by atoms with Gasteiger partial charge in [-0.1, -0.05) is 51.8 Å². The SMILES string of the molecule is CCCC1CN=C(NCC2(CC(C)C)CCCC2)S1. The Morgan fingerprint density at radius 1 is 1.37 bits per heavy atom. The molecular weight excluding hydrogens is 252 g/mol. The Morgan fingerprint density at radius 3 is 2.74 bits per heavy atom. The van der Waals surface area contributed by atoms with Crippen LogP contribution in [-0.4, -0.2) is 23.5 Å². The van der Waals surface area contributed by atoms with E-state index in [0.717, 1.165) is 24.3 Å². The molecule has 0 aromatic heterocycles. The summed E-state index contributed by atoms with van der Waals surface area (Å²) in [4.78, 5) is 4.68. The molecule has 2 rings (SSSR count). The second kappa shape index (κ2) is 7.01. The van der Waals surface area contributed by atoms with Gasteiger partial charge in [0.05, 0.1) is 6.54 Å². The van der Waals surface area contributed by atoms with Gasteiger partial charge in [-0.25, -0.2) is 0 Å². The summed E-state index contributed by atoms with van der Waals surface area (Å²) in [6.45, 7) is 9.16. The summed E-state index contributed by atoms with van der Waals surface area (Å²) in [6, 6.07) is 0. The monoisotopic (exact) mass is 282 g/mol. The van der Waals surface area contributed by atoms with Crippen LogP contribution in [0.2, 0.25) is 0 Å². The number of aliphatic imine (C=N–C) groups is 1. The highest BCUT2D eigenvalue weighted by molar-refractivity contribution is 8.14. The highest BCUT2D eigenvalue weighted by Gasteiger charge is 2.34. The molecule has 3 heteroatoms. The Kier molecular flexibility index (Phi) is 5.61. The number of rotatable bonds is 6. The molecule has 1 unspecified atom stereocenters. The van der Waals surface area contributed by atoms with E-state index in [-0.39, 0.29) is 0 Å². The van der Waals surface area contributed by atoms with Crippen molar-refractivity contribution in [3.05, 3.63) is 0 Å². The zero-order valence-corrected chi connectivity index (χ0v) is 13.7. The number of hydrogen-bond donors (Lipinski definition) is 1. The van der Waals surface area contributed by atoms with Gasteiger partial charge < -0.3 is 5.32 Å². The topological polar surface area (TPSA) is 24.4 Å². The minimum atomic E-state index is 0.556. The third kappa shape index (κ3) is 4.40. The molecule has 0 radical (unpaired) electrons. The minimum absolute atomic E-state index is 0.556. The van der Waals surface area contributed by atoms with E-state index in [1.807, 2.05) is 11.8 Å². The lowest BCUT2D eigenvalue weighted by atomic mass is 9.78. The van der Waals surface area contributed by atoms with Gasteiger partial charge in [-0.3, -0.25) is 4.99 Å². The van der Waals surface area contributed by atoms with E-state index in [2.05, 4.69) is 31.1 Å². The fraction of sp³-hybridized carbons (Fsp3) is 0.938. The summed E-state index contributed by atoms with van der Waals surface area (Å²) in [5.74, 6) is 0.811. The number of nitrogens with zero attached hydrogens (tertiary/aromatic N) is 1. The van der Waals surface area contributed by atoms with E-state index in [9.17, 15) is 0 Å². The van der Waals surface area contributed by atoms with Crippen molar-refractivity contribution in [2.24, 2.45) is 16.3 Å². The standard InChI is InChI=1S/C16H30N2S/c1-4-7-14-11-17-15(19-14)18-12-16(10-13(2)3)8-5-6-9-16/h13-14H,4-12H2,1-3H3,(H,17,18). The van der Waals surface area contributed by atoms with Gasteiger partial charge in [-0.2, -0.15) is 0 Å². The average Bonchev–Trinajstić information content (AvgIpc) is 2.97. The second-order valence-corrected chi connectivity index (χ2v) is 8.12. The normalized spacial score (nSPS) is 25.9. The fourth-order valence-corrected chi connectivity index (χ4v) is 4.82. The lowest BCUT2D eigenvalue weighted by molar-refractivity contribution is 0.236. The average molecular weight is 282 g/mol. The van der Waals surface area contributed by atoms with Gasteiger partial charge in [-0.15, -0.1) is 0 Å². The highest BCUT2D eigenvalue weighted by Crippen LogP contribution is 2.42. The summed E-state index contributed by atoms with van der Waals surface area (Å²) in [5, 5.41) is 5.62. The highest BCUT2D eigenvalue weighted by atomic mass is 32.2. The molecule has 1 heterocycles. The Morgan fingerprint density at radius 2 is 2.11 bits per heavy atom. The van der Waals surface area contributed by atoms with E-state index in [1.165, 1.54) is 50.1 Å². The summed E-state index contributed by atoms with van der Waals surface area (Å²) in [6.07, 6.45) is 9.62. The molecule has 0 aromatic rings. The fourth-order valence-electron chi connectivity index (χ4n) is 3.69. The van der Waals surface area contributed by atoms with E-state index < -0.39 is 0 Å². The maximum absolute atomic E-state index is 4.68. The number of amidine groups is 1. The Balaban J connectivity index is 1.80. The summed E-state index contributed by atoms with van der Waals surface area (Å²) < 4.78 is 0. The maximum Gasteiger partial charge on any atom is 0.156 e. The van der Waals surface area contributed by atoms with Crippen LogP contribution in [0.15, 0.2) is 4.99 Å². The molecule has 110 valence electrons. The largest absolute Gasteiger partial charge is 0.364 e. The molecule has 19 heavy (non-hydrogen) atoms. The van der Waals surface area contributed by atoms with Crippen molar-refractivity contribution >= 4 is 16.9 Å². The van der Waals surface area contributed by atoms with E-state index in [1.54, 1.807) is 0 Å². The predicted octanol–water partition coefficient (Wildman–Crippen LogP) is 4.45. The van der Waals surface area contributed by atoms with Crippen molar-refractivity contribution in [3.63, 3.8) is 0 Å². The molecule has 0 saturated heterocycles. The van der Waals surface area contributed by atoms with Crippen LogP contribution in [0.25, 0.3) is 0 Å². The molecule has 0 spiro atoms. The zero-order chi connectivity index (χ0) is 13.7. The smallest absolute Gasteiger partial charge is 0.156 e. The summed E-state index contributed by atoms with van der Waals surface area (Å²) >= 11 is 1.98. The lowest BCUT2D eigenvalue weighted by Crippen LogP contribution is -2.35. The Hall–Kier alpha value is -0.180. The van der Waals surface area contributed by atoms with Gasteiger partial charge >= 0.3 is 0 Å². The molecule has 1 atom stereocenters. The Bertz CT molecular complexity index is 306. The molecule has 1 aliphatic carbocycles. The summed E-state index contributed by atoms with van der Waals surface area (Å²) in [7, 11) is 0.